The van der Waals surface area contributed by atoms with Crippen LogP contribution in [0, 0.1) is 0 Å². The lowest BCUT2D eigenvalue weighted by Crippen LogP contribution is -2.67. The number of hydrogen-bond acceptors (Lipinski definition) is 23. The molecule has 3 aliphatic rings. The highest BCUT2D eigenvalue weighted by molar-refractivity contribution is 7.99. The molecule has 3 heterocycles. The number of esters is 7. The van der Waals surface area contributed by atoms with Gasteiger partial charge in [0.15, 0.2) is 36.8 Å². The Hall–Kier alpha value is -5.80. The molecule has 0 radical (unpaired) electrons. The van der Waals surface area contributed by atoms with E-state index in [-0.39, 0.29) is 13.0 Å². The third-order valence-corrected chi connectivity index (χ3v) is 11.1. The Bertz CT molecular complexity index is 1930. The van der Waals surface area contributed by atoms with E-state index in [1.165, 1.54) is 6.92 Å². The fourth-order valence-corrected chi connectivity index (χ4v) is 8.54. The zero-order chi connectivity index (χ0) is 52.1. The number of thioether (sulfide) groups is 1. The van der Waals surface area contributed by atoms with Crippen molar-refractivity contribution in [3.63, 3.8) is 0 Å². The molecule has 13 atom stereocenters. The number of carboxylic acid groups (broad SMARTS) is 1. The van der Waals surface area contributed by atoms with Crippen molar-refractivity contribution >= 4 is 77.4 Å². The van der Waals surface area contributed by atoms with E-state index in [1.807, 2.05) is 0 Å². The van der Waals surface area contributed by atoms with E-state index in [0.717, 1.165) is 53.4 Å². The molecule has 3 saturated heterocycles. The maximum absolute atomic E-state index is 14.2. The predicted molar refractivity (Wildman–Crippen MR) is 229 cm³/mol. The minimum absolute atomic E-state index is 0.00575. The minimum atomic E-state index is -1.93. The fraction of sp³-hybridized carbons (Fsp3) is 0.738. The van der Waals surface area contributed by atoms with Gasteiger partial charge in [-0.15, -0.1) is 11.8 Å². The molecular formula is C42H61N3O23S. The van der Waals surface area contributed by atoms with Crippen LogP contribution in [0.15, 0.2) is 0 Å². The summed E-state index contributed by atoms with van der Waals surface area (Å²) in [6.07, 6.45) is -15.9. The van der Waals surface area contributed by atoms with E-state index in [1.54, 1.807) is 20.8 Å². The van der Waals surface area contributed by atoms with Gasteiger partial charge in [0.1, 0.15) is 60.7 Å². The van der Waals surface area contributed by atoms with Gasteiger partial charge >= 0.3 is 53.8 Å². The number of nitrogens with zero attached hydrogens (tertiary/aromatic N) is 1. The van der Waals surface area contributed by atoms with Crippen LogP contribution in [0.5, 0.6) is 0 Å². The van der Waals surface area contributed by atoms with Gasteiger partial charge in [0.2, 0.25) is 11.8 Å². The summed E-state index contributed by atoms with van der Waals surface area (Å²) >= 11 is 0.713. The second-order valence-electron chi connectivity index (χ2n) is 17.0. The van der Waals surface area contributed by atoms with Crippen molar-refractivity contribution in [3.8, 4) is 0 Å². The van der Waals surface area contributed by atoms with Crippen LogP contribution in [-0.4, -0.2) is 185 Å². The average molecular weight is 1010 g/mol. The molecule has 27 heteroatoms. The highest BCUT2D eigenvalue weighted by atomic mass is 32.2. The normalized spacial score (nSPS) is 27.5. The summed E-state index contributed by atoms with van der Waals surface area (Å²) in [7, 11) is 0. The van der Waals surface area contributed by atoms with Gasteiger partial charge in [0.05, 0.1) is 0 Å². The predicted octanol–water partition coefficient (Wildman–Crippen LogP) is -0.187. The summed E-state index contributed by atoms with van der Waals surface area (Å²) in [6.45, 7) is 11.8. The van der Waals surface area contributed by atoms with Gasteiger partial charge in [0.25, 0.3) is 0 Å². The van der Waals surface area contributed by atoms with Crippen LogP contribution in [0.1, 0.15) is 89.0 Å². The molecule has 0 spiro atoms. The van der Waals surface area contributed by atoms with Gasteiger partial charge in [-0.1, -0.05) is 0 Å². The molecule has 26 nitrogen and oxygen atoms in total. The summed E-state index contributed by atoms with van der Waals surface area (Å²) in [6, 6.07) is -4.11. The Morgan fingerprint density at radius 1 is 0.652 bits per heavy atom. The first-order valence-corrected chi connectivity index (χ1v) is 22.7. The van der Waals surface area contributed by atoms with Crippen LogP contribution >= 0.6 is 11.8 Å². The molecule has 0 aliphatic carbocycles. The van der Waals surface area contributed by atoms with Crippen molar-refractivity contribution < 1.29 is 110 Å². The van der Waals surface area contributed by atoms with E-state index in [4.69, 9.17) is 52.1 Å². The Balaban J connectivity index is 2.15. The highest BCUT2D eigenvalue weighted by Gasteiger charge is 2.58. The zero-order valence-corrected chi connectivity index (χ0v) is 40.8. The van der Waals surface area contributed by atoms with E-state index < -0.39 is 169 Å². The van der Waals surface area contributed by atoms with Crippen molar-refractivity contribution in [2.24, 2.45) is 0 Å². The Morgan fingerprint density at radius 3 is 1.62 bits per heavy atom. The Labute approximate surface area is 400 Å². The number of aliphatic carboxylic acids is 1. The molecule has 3 amide bonds. The van der Waals surface area contributed by atoms with E-state index in [0.29, 0.717) is 18.2 Å². The molecule has 3 rings (SSSR count). The number of carboxylic acids is 1. The molecule has 388 valence electrons. The first-order valence-electron chi connectivity index (χ1n) is 21.6. The smallest absolute Gasteiger partial charge is 0.408 e. The summed E-state index contributed by atoms with van der Waals surface area (Å²) in [5.74, 6) is -10.0. The molecule has 0 saturated carbocycles. The SMILES string of the molecule is CC(=O)OC[C@H]1O[C@@H](O[C@H]2[C@H](OC(C)=O)[C@@H](OC(C)=O)[C@H](SC[C@H](NC(=O)[C@H](C)NC(=O)OC(C)(C)C)C(=O)N3CCC[C@H]3C(=O)O)O[C@@H]2COC(C)=O)[C@H](OC(C)=O)[C@@H](OC(C)=O)[C@H]1OC(C)=O. The number of rotatable bonds is 19. The van der Waals surface area contributed by atoms with Gasteiger partial charge in [-0.05, 0) is 40.5 Å². The summed E-state index contributed by atoms with van der Waals surface area (Å²) in [5, 5.41) is 14.8. The molecule has 3 N–H and O–H groups in total. The fourth-order valence-electron chi connectivity index (χ4n) is 7.31. The van der Waals surface area contributed by atoms with Crippen LogP contribution in [0.3, 0.4) is 0 Å². The molecule has 3 aliphatic heterocycles. The minimum Gasteiger partial charge on any atom is -0.480 e. The van der Waals surface area contributed by atoms with Crippen LogP contribution in [0.4, 0.5) is 4.79 Å². The summed E-state index contributed by atoms with van der Waals surface area (Å²) in [5.41, 5.74) is -2.44. The van der Waals surface area contributed by atoms with Crippen LogP contribution < -0.4 is 10.6 Å². The average Bonchev–Trinajstić information content (AvgIpc) is 3.71. The Kier molecular flexibility index (Phi) is 21.4. The maximum Gasteiger partial charge on any atom is 0.408 e. The second-order valence-corrected chi connectivity index (χ2v) is 18.1. The van der Waals surface area contributed by atoms with E-state index in [9.17, 15) is 57.8 Å². The van der Waals surface area contributed by atoms with Gasteiger partial charge in [0, 0.05) is 60.8 Å². The van der Waals surface area contributed by atoms with Crippen molar-refractivity contribution in [1.29, 1.82) is 0 Å². The van der Waals surface area contributed by atoms with Crippen molar-refractivity contribution in [3.05, 3.63) is 0 Å². The van der Waals surface area contributed by atoms with E-state index >= 15 is 0 Å². The molecule has 3 fully saturated rings. The number of nitrogens with one attached hydrogen (secondary N) is 2. The van der Waals surface area contributed by atoms with Crippen molar-refractivity contribution in [2.75, 3.05) is 25.5 Å². The van der Waals surface area contributed by atoms with Crippen LogP contribution in [-0.2, 0) is 100 Å². The first kappa shape index (κ1) is 57.5. The maximum atomic E-state index is 14.2. The molecular weight excluding hydrogens is 947 g/mol. The zero-order valence-electron chi connectivity index (χ0n) is 40.0. The Morgan fingerprint density at radius 2 is 1.13 bits per heavy atom. The number of amides is 3. The third kappa shape index (κ3) is 17.9. The van der Waals surface area contributed by atoms with E-state index in [2.05, 4.69) is 10.6 Å². The lowest BCUT2D eigenvalue weighted by molar-refractivity contribution is -0.341. The number of hydrogen-bond donors (Lipinski definition) is 3. The van der Waals surface area contributed by atoms with Crippen molar-refractivity contribution in [2.45, 2.75) is 173 Å². The first-order chi connectivity index (χ1) is 32.1. The van der Waals surface area contributed by atoms with Crippen LogP contribution in [0.2, 0.25) is 0 Å². The molecule has 0 aromatic heterocycles. The molecule has 69 heavy (non-hydrogen) atoms. The van der Waals surface area contributed by atoms with Gasteiger partial charge in [-0.25, -0.2) is 9.59 Å². The lowest BCUT2D eigenvalue weighted by atomic mass is 9.96. The lowest BCUT2D eigenvalue weighted by Gasteiger charge is -2.48. The summed E-state index contributed by atoms with van der Waals surface area (Å²) in [4.78, 5) is 141. The summed E-state index contributed by atoms with van der Waals surface area (Å²) < 4.78 is 62.4. The van der Waals surface area contributed by atoms with Crippen molar-refractivity contribution in [1.82, 2.24) is 15.5 Å². The standard InChI is InChI=1S/C42H61N3O23S/c1-18(43-41(57)68-42(9,10)11)36(53)44-26(37(54)45-14-12-13-27(45)38(55)56)17-69-40-35(64-25(8)52)33(62-23(6)50)31(29(66-40)16-59-20(3)47)67-39-34(63-24(7)51)32(61-22(5)49)30(60-21(4)48)28(65-39)15-58-19(2)46/h18,26-35,39-40H,12-17H2,1-11H3,(H,43,57)(H,44,53)(H,55,56)/t18-,26-,27-,28+,29+,30-,31+,32-,33-,34+,35+,39-,40-/m0/s1. The number of likely N-dealkylation sites (tertiary alicyclic amines) is 1. The number of carbonyl (C=O) groups excluding carboxylic acids is 10. The highest BCUT2D eigenvalue weighted by Crippen LogP contribution is 2.38. The second kappa shape index (κ2) is 25.7. The van der Waals surface area contributed by atoms with Crippen LogP contribution in [0.25, 0.3) is 0 Å². The van der Waals surface area contributed by atoms with Gasteiger partial charge < -0.3 is 72.7 Å². The van der Waals surface area contributed by atoms with Gasteiger partial charge in [-0.2, -0.15) is 0 Å². The quantitative estimate of drug-likeness (QED) is 0.112. The molecule has 0 unspecified atom stereocenters. The molecule has 0 aromatic carbocycles. The largest absolute Gasteiger partial charge is 0.480 e. The number of alkyl carbamates (subject to hydrolysis) is 1. The third-order valence-electron chi connectivity index (χ3n) is 9.87. The number of carbonyl (C=O) groups is 11. The monoisotopic (exact) mass is 1010 g/mol. The topological polar surface area (TPSA) is 337 Å². The molecule has 0 bridgehead atoms. The van der Waals surface area contributed by atoms with Gasteiger partial charge in [-0.3, -0.25) is 43.2 Å². The molecule has 0 aromatic rings. The number of ether oxygens (including phenoxy) is 11.